The van der Waals surface area contributed by atoms with E-state index in [1.807, 2.05) is 31.1 Å². The molecule has 3 nitrogen and oxygen atoms in total. The standard InChI is InChI=1S/C14H23N.C7H10N2/c1-10-8-11(13(2,3)4)15-12(9-10)14(5,6)7;1-9(2)7-3-5-8-6-4-7/h8-9H,1-7H3;3-6H,1-2H3. The number of hydrogen-bond acceptors (Lipinski definition) is 3. The molecule has 2 heterocycles. The van der Waals surface area contributed by atoms with Crippen molar-refractivity contribution in [3.8, 4) is 0 Å². The largest absolute Gasteiger partial charge is 0.378 e. The van der Waals surface area contributed by atoms with Crippen molar-refractivity contribution in [2.45, 2.75) is 59.3 Å². The van der Waals surface area contributed by atoms with Crippen LogP contribution in [-0.4, -0.2) is 24.1 Å². The molecular weight excluding hydrogens is 294 g/mol. The summed E-state index contributed by atoms with van der Waals surface area (Å²) in [5.74, 6) is 0. The molecule has 24 heavy (non-hydrogen) atoms. The number of pyridine rings is 2. The lowest BCUT2D eigenvalue weighted by Crippen LogP contribution is -2.20. The molecule has 0 spiro atoms. The second-order valence-corrected chi connectivity index (χ2v) is 8.51. The fourth-order valence-electron chi connectivity index (χ4n) is 2.08. The van der Waals surface area contributed by atoms with E-state index in [9.17, 15) is 0 Å². The minimum Gasteiger partial charge on any atom is -0.378 e. The highest BCUT2D eigenvalue weighted by molar-refractivity contribution is 5.42. The van der Waals surface area contributed by atoms with Gasteiger partial charge in [-0.25, -0.2) is 0 Å². The molecular formula is C21H33N3. The Bertz CT molecular complexity index is 600. The number of hydrogen-bond donors (Lipinski definition) is 0. The van der Waals surface area contributed by atoms with Gasteiger partial charge in [0.05, 0.1) is 0 Å². The van der Waals surface area contributed by atoms with Crippen molar-refractivity contribution in [1.82, 2.24) is 9.97 Å². The molecule has 0 unspecified atom stereocenters. The lowest BCUT2D eigenvalue weighted by molar-refractivity contribution is 0.530. The maximum Gasteiger partial charge on any atom is 0.0463 e. The zero-order chi connectivity index (χ0) is 18.5. The predicted octanol–water partition coefficient (Wildman–Crippen LogP) is 5.13. The molecule has 2 rings (SSSR count). The Morgan fingerprint density at radius 3 is 1.50 bits per heavy atom. The Morgan fingerprint density at radius 1 is 0.792 bits per heavy atom. The van der Waals surface area contributed by atoms with Crippen molar-refractivity contribution in [3.63, 3.8) is 0 Å². The van der Waals surface area contributed by atoms with E-state index in [1.165, 1.54) is 22.6 Å². The Morgan fingerprint density at radius 2 is 1.21 bits per heavy atom. The average molecular weight is 328 g/mol. The molecule has 0 N–H and O–H groups in total. The average Bonchev–Trinajstić information content (AvgIpc) is 2.46. The van der Waals surface area contributed by atoms with E-state index >= 15 is 0 Å². The topological polar surface area (TPSA) is 29.0 Å². The Balaban J connectivity index is 0.000000272. The molecule has 2 aromatic heterocycles. The van der Waals surface area contributed by atoms with Crippen LogP contribution in [0.1, 0.15) is 58.5 Å². The summed E-state index contributed by atoms with van der Waals surface area (Å²) in [4.78, 5) is 10.7. The van der Waals surface area contributed by atoms with Gasteiger partial charge in [0.2, 0.25) is 0 Å². The highest BCUT2D eigenvalue weighted by Crippen LogP contribution is 2.26. The van der Waals surface area contributed by atoms with Gasteiger partial charge in [0.1, 0.15) is 0 Å². The molecule has 0 saturated heterocycles. The number of anilines is 1. The molecule has 0 aliphatic heterocycles. The van der Waals surface area contributed by atoms with Gasteiger partial charge < -0.3 is 4.90 Å². The van der Waals surface area contributed by atoms with Gasteiger partial charge in [0.25, 0.3) is 0 Å². The van der Waals surface area contributed by atoms with Gasteiger partial charge in [-0.2, -0.15) is 0 Å². The van der Waals surface area contributed by atoms with Crippen LogP contribution in [0.3, 0.4) is 0 Å². The predicted molar refractivity (Wildman–Crippen MR) is 105 cm³/mol. The minimum atomic E-state index is 0.131. The summed E-state index contributed by atoms with van der Waals surface area (Å²) in [5, 5.41) is 0. The molecule has 0 aliphatic carbocycles. The van der Waals surface area contributed by atoms with Crippen LogP contribution < -0.4 is 4.90 Å². The van der Waals surface area contributed by atoms with Crippen LogP contribution in [0.2, 0.25) is 0 Å². The van der Waals surface area contributed by atoms with Crippen LogP contribution in [0, 0.1) is 6.92 Å². The van der Waals surface area contributed by atoms with E-state index in [4.69, 9.17) is 4.98 Å². The minimum absolute atomic E-state index is 0.131. The van der Waals surface area contributed by atoms with Crippen LogP contribution in [-0.2, 0) is 10.8 Å². The van der Waals surface area contributed by atoms with Gasteiger partial charge in [-0.1, -0.05) is 41.5 Å². The third-order valence-electron chi connectivity index (χ3n) is 3.69. The summed E-state index contributed by atoms with van der Waals surface area (Å²) >= 11 is 0. The van der Waals surface area contributed by atoms with Crippen LogP contribution in [0.5, 0.6) is 0 Å². The van der Waals surface area contributed by atoms with Crippen LogP contribution in [0.25, 0.3) is 0 Å². The number of rotatable bonds is 1. The zero-order valence-electron chi connectivity index (χ0n) is 16.8. The van der Waals surface area contributed by atoms with E-state index < -0.39 is 0 Å². The van der Waals surface area contributed by atoms with E-state index in [0.717, 1.165) is 0 Å². The fourth-order valence-corrected chi connectivity index (χ4v) is 2.08. The summed E-state index contributed by atoms with van der Waals surface area (Å²) in [6.45, 7) is 15.4. The molecule has 0 atom stereocenters. The van der Waals surface area contributed by atoms with Crippen molar-refractivity contribution in [1.29, 1.82) is 0 Å². The third kappa shape index (κ3) is 6.31. The molecule has 3 heteroatoms. The summed E-state index contributed by atoms with van der Waals surface area (Å²) in [6, 6.07) is 8.32. The van der Waals surface area contributed by atoms with Gasteiger partial charge in [0.15, 0.2) is 0 Å². The molecule has 0 saturated carbocycles. The molecule has 0 radical (unpaired) electrons. The Labute approximate surface area is 148 Å². The number of aryl methyl sites for hydroxylation is 1. The van der Waals surface area contributed by atoms with Gasteiger partial charge >= 0.3 is 0 Å². The second-order valence-electron chi connectivity index (χ2n) is 8.51. The highest BCUT2D eigenvalue weighted by atomic mass is 15.1. The summed E-state index contributed by atoms with van der Waals surface area (Å²) in [6.07, 6.45) is 3.57. The second kappa shape index (κ2) is 7.78. The first-order chi connectivity index (χ1) is 10.9. The number of nitrogens with zero attached hydrogens (tertiary/aromatic N) is 3. The zero-order valence-corrected chi connectivity index (χ0v) is 16.8. The van der Waals surface area contributed by atoms with E-state index in [1.54, 1.807) is 12.4 Å². The monoisotopic (exact) mass is 327 g/mol. The summed E-state index contributed by atoms with van der Waals surface area (Å²) in [5.41, 5.74) is 5.13. The third-order valence-corrected chi connectivity index (χ3v) is 3.69. The SMILES string of the molecule is CN(C)c1ccncc1.Cc1cc(C(C)(C)C)nc(C(C)(C)C)c1. The molecule has 0 bridgehead atoms. The molecule has 0 amide bonds. The van der Waals surface area contributed by atoms with Crippen molar-refractivity contribution in [2.75, 3.05) is 19.0 Å². The van der Waals surface area contributed by atoms with Crippen molar-refractivity contribution < 1.29 is 0 Å². The van der Waals surface area contributed by atoms with Gasteiger partial charge in [-0.05, 0) is 36.8 Å². The lowest BCUT2D eigenvalue weighted by atomic mass is 9.87. The van der Waals surface area contributed by atoms with Crippen LogP contribution in [0.15, 0.2) is 36.7 Å². The first-order valence-electron chi connectivity index (χ1n) is 8.48. The first-order valence-corrected chi connectivity index (χ1v) is 8.48. The smallest absolute Gasteiger partial charge is 0.0463 e. The normalized spacial score (nSPS) is 11.5. The maximum absolute atomic E-state index is 4.78. The fraction of sp³-hybridized carbons (Fsp3) is 0.524. The van der Waals surface area contributed by atoms with Crippen LogP contribution >= 0.6 is 0 Å². The molecule has 0 fully saturated rings. The summed E-state index contributed by atoms with van der Waals surface area (Å²) in [7, 11) is 4.02. The Kier molecular flexibility index (Phi) is 6.53. The molecule has 0 aromatic carbocycles. The Hall–Kier alpha value is -1.90. The van der Waals surface area contributed by atoms with Crippen molar-refractivity contribution >= 4 is 5.69 Å². The molecule has 132 valence electrons. The quantitative estimate of drug-likeness (QED) is 0.727. The molecule has 0 aliphatic rings. The maximum atomic E-state index is 4.78. The van der Waals surface area contributed by atoms with Crippen molar-refractivity contribution in [2.24, 2.45) is 0 Å². The lowest BCUT2D eigenvalue weighted by Gasteiger charge is -2.24. The van der Waals surface area contributed by atoms with Crippen molar-refractivity contribution in [3.05, 3.63) is 53.6 Å². The first kappa shape index (κ1) is 20.1. The van der Waals surface area contributed by atoms with E-state index in [0.29, 0.717) is 0 Å². The van der Waals surface area contributed by atoms with Crippen LogP contribution in [0.4, 0.5) is 5.69 Å². The number of aromatic nitrogens is 2. The van der Waals surface area contributed by atoms with E-state index in [2.05, 4.69) is 65.6 Å². The highest BCUT2D eigenvalue weighted by Gasteiger charge is 2.21. The van der Waals surface area contributed by atoms with Gasteiger partial charge in [-0.15, -0.1) is 0 Å². The van der Waals surface area contributed by atoms with Gasteiger partial charge in [0, 0.05) is 54.4 Å². The summed E-state index contributed by atoms with van der Waals surface area (Å²) < 4.78 is 0. The molecule has 2 aromatic rings. The van der Waals surface area contributed by atoms with E-state index in [-0.39, 0.29) is 10.8 Å². The van der Waals surface area contributed by atoms with Gasteiger partial charge in [-0.3, -0.25) is 9.97 Å².